The Kier molecular flexibility index (Phi) is 3.34. The van der Waals surface area contributed by atoms with E-state index in [4.69, 9.17) is 5.73 Å². The van der Waals surface area contributed by atoms with Gasteiger partial charge in [-0.15, -0.1) is 0 Å². The first-order chi connectivity index (χ1) is 8.79. The summed E-state index contributed by atoms with van der Waals surface area (Å²) in [5.41, 5.74) is 5.61. The minimum atomic E-state index is -0.599. The molecule has 2 amide bonds. The quantitative estimate of drug-likeness (QED) is 0.834. The summed E-state index contributed by atoms with van der Waals surface area (Å²) in [6.07, 6.45) is 4.23. The smallest absolute Gasteiger partial charge is 0.339 e. The molecule has 6 heteroatoms. The number of carbonyl (C=O) groups excluding carboxylic acids is 2. The third-order valence-corrected chi connectivity index (χ3v) is 3.40. The maximum absolute atomic E-state index is 11.8. The molecule has 1 radical (unpaired) electrons. The molecule has 1 heterocycles. The summed E-state index contributed by atoms with van der Waals surface area (Å²) in [5.74, 6) is 0.252. The van der Waals surface area contributed by atoms with Crippen LogP contribution in [0.4, 0.5) is 4.79 Å². The Morgan fingerprint density at radius 2 is 2.11 bits per heavy atom. The van der Waals surface area contributed by atoms with Crippen molar-refractivity contribution in [3.8, 4) is 0 Å². The van der Waals surface area contributed by atoms with Gasteiger partial charge in [0.15, 0.2) is 0 Å². The van der Waals surface area contributed by atoms with Crippen molar-refractivity contribution in [3.63, 3.8) is 0 Å². The standard InChI is InChI=1S/C13H19N4O2/c1-13(2,3)11(18)16-9-6-8(7-9)10-4-5-15-17(10)12(14)19/h4,8-9H,6-7H2,1-3H3,(H2,14,19)(H,16,18)/t8-,9+. The molecule has 0 bridgehead atoms. The number of hydrogen-bond acceptors (Lipinski definition) is 3. The fourth-order valence-corrected chi connectivity index (χ4v) is 2.12. The third-order valence-electron chi connectivity index (χ3n) is 3.40. The molecule has 2 rings (SSSR count). The number of hydrogen-bond donors (Lipinski definition) is 2. The summed E-state index contributed by atoms with van der Waals surface area (Å²) in [7, 11) is 0. The minimum Gasteiger partial charge on any atom is -0.353 e. The summed E-state index contributed by atoms with van der Waals surface area (Å²) < 4.78 is 1.17. The minimum absolute atomic E-state index is 0.0471. The van der Waals surface area contributed by atoms with E-state index >= 15 is 0 Å². The normalized spacial score (nSPS) is 22.7. The molecule has 3 N–H and O–H groups in total. The molecule has 6 nitrogen and oxygen atoms in total. The highest BCUT2D eigenvalue weighted by Gasteiger charge is 2.35. The van der Waals surface area contributed by atoms with E-state index in [1.54, 1.807) is 6.07 Å². The zero-order valence-corrected chi connectivity index (χ0v) is 11.4. The molecule has 103 valence electrons. The number of amides is 2. The second-order valence-electron chi connectivity index (χ2n) is 6.04. The monoisotopic (exact) mass is 263 g/mol. The van der Waals surface area contributed by atoms with Gasteiger partial charge in [0.05, 0.1) is 5.69 Å². The number of primary amides is 1. The predicted octanol–water partition coefficient (Wildman–Crippen LogP) is 1.02. The highest BCUT2D eigenvalue weighted by Crippen LogP contribution is 2.37. The number of nitrogens with two attached hydrogens (primary N) is 1. The lowest BCUT2D eigenvalue weighted by molar-refractivity contribution is -0.129. The molecule has 0 aliphatic heterocycles. The Labute approximate surface area is 112 Å². The van der Waals surface area contributed by atoms with Crippen molar-refractivity contribution in [1.29, 1.82) is 0 Å². The van der Waals surface area contributed by atoms with E-state index in [1.807, 2.05) is 20.8 Å². The molecular weight excluding hydrogens is 244 g/mol. The van der Waals surface area contributed by atoms with Crippen LogP contribution in [0.1, 0.15) is 45.2 Å². The van der Waals surface area contributed by atoms with Crippen LogP contribution in [0.5, 0.6) is 0 Å². The highest BCUT2D eigenvalue weighted by atomic mass is 16.2. The van der Waals surface area contributed by atoms with Crippen molar-refractivity contribution in [1.82, 2.24) is 15.1 Å². The number of aromatic nitrogens is 2. The maximum Gasteiger partial charge on any atom is 0.339 e. The molecule has 0 saturated heterocycles. The van der Waals surface area contributed by atoms with Gasteiger partial charge in [-0.2, -0.15) is 9.78 Å². The van der Waals surface area contributed by atoms with E-state index in [0.29, 0.717) is 0 Å². The fourth-order valence-electron chi connectivity index (χ4n) is 2.12. The average molecular weight is 263 g/mol. The molecule has 1 aromatic rings. The van der Waals surface area contributed by atoms with E-state index < -0.39 is 6.03 Å². The lowest BCUT2D eigenvalue weighted by Gasteiger charge is -2.37. The van der Waals surface area contributed by atoms with Crippen molar-refractivity contribution in [2.45, 2.75) is 45.6 Å². The fraction of sp³-hybridized carbons (Fsp3) is 0.615. The van der Waals surface area contributed by atoms with Crippen LogP contribution in [0, 0.1) is 11.6 Å². The lowest BCUT2D eigenvalue weighted by Crippen LogP contribution is -2.48. The SMILES string of the molecule is CC(C)(C)C(=O)N[C@H]1C[C@@H](c2c[c]nn2C(N)=O)C1. The van der Waals surface area contributed by atoms with Gasteiger partial charge in [-0.25, -0.2) is 4.79 Å². The van der Waals surface area contributed by atoms with Crippen molar-refractivity contribution < 1.29 is 9.59 Å². The van der Waals surface area contributed by atoms with Gasteiger partial charge >= 0.3 is 6.03 Å². The molecular formula is C13H19N4O2. The number of nitrogens with zero attached hydrogens (tertiary/aromatic N) is 2. The molecule has 0 spiro atoms. The Morgan fingerprint density at radius 1 is 1.47 bits per heavy atom. The summed E-state index contributed by atoms with van der Waals surface area (Å²) in [4.78, 5) is 23.0. The predicted molar refractivity (Wildman–Crippen MR) is 69.4 cm³/mol. The van der Waals surface area contributed by atoms with Crippen LogP contribution in [-0.2, 0) is 4.79 Å². The topological polar surface area (TPSA) is 90.0 Å². The van der Waals surface area contributed by atoms with Crippen molar-refractivity contribution in [2.75, 3.05) is 0 Å². The van der Waals surface area contributed by atoms with E-state index in [0.717, 1.165) is 18.5 Å². The van der Waals surface area contributed by atoms with Crippen LogP contribution < -0.4 is 11.1 Å². The lowest BCUT2D eigenvalue weighted by atomic mass is 9.77. The Morgan fingerprint density at radius 3 is 2.63 bits per heavy atom. The van der Waals surface area contributed by atoms with Gasteiger partial charge in [0.2, 0.25) is 5.91 Å². The van der Waals surface area contributed by atoms with Crippen LogP contribution in [0.25, 0.3) is 0 Å². The zero-order valence-electron chi connectivity index (χ0n) is 11.4. The van der Waals surface area contributed by atoms with Gasteiger partial charge in [0.1, 0.15) is 6.20 Å². The van der Waals surface area contributed by atoms with Crippen molar-refractivity contribution in [3.05, 3.63) is 18.0 Å². The van der Waals surface area contributed by atoms with E-state index in [9.17, 15) is 9.59 Å². The van der Waals surface area contributed by atoms with Gasteiger partial charge in [-0.3, -0.25) is 4.79 Å². The number of rotatable bonds is 2. The van der Waals surface area contributed by atoms with Crippen LogP contribution in [0.2, 0.25) is 0 Å². The van der Waals surface area contributed by atoms with Gasteiger partial charge in [0.25, 0.3) is 0 Å². The van der Waals surface area contributed by atoms with E-state index in [1.165, 1.54) is 4.68 Å². The van der Waals surface area contributed by atoms with Gasteiger partial charge < -0.3 is 11.1 Å². The average Bonchev–Trinajstić information content (AvgIpc) is 2.69. The first-order valence-electron chi connectivity index (χ1n) is 6.36. The molecule has 0 aromatic carbocycles. The highest BCUT2D eigenvalue weighted by molar-refractivity contribution is 5.81. The van der Waals surface area contributed by atoms with Crippen molar-refractivity contribution in [2.24, 2.45) is 11.1 Å². The maximum atomic E-state index is 11.8. The van der Waals surface area contributed by atoms with E-state index in [2.05, 4.69) is 16.6 Å². The van der Waals surface area contributed by atoms with Crippen LogP contribution in [-0.4, -0.2) is 27.8 Å². The third kappa shape index (κ3) is 2.77. The molecule has 1 saturated carbocycles. The molecule has 0 atom stereocenters. The molecule has 1 fully saturated rings. The van der Waals surface area contributed by atoms with Gasteiger partial charge in [-0.1, -0.05) is 20.8 Å². The van der Waals surface area contributed by atoms with E-state index in [-0.39, 0.29) is 23.3 Å². The van der Waals surface area contributed by atoms with Crippen LogP contribution >= 0.6 is 0 Å². The van der Waals surface area contributed by atoms with Crippen LogP contribution in [0.3, 0.4) is 0 Å². The van der Waals surface area contributed by atoms with Gasteiger partial charge in [-0.05, 0) is 18.9 Å². The first kappa shape index (κ1) is 13.6. The Bertz CT molecular complexity index is 495. The summed E-state index contributed by atoms with van der Waals surface area (Å²) in [6, 6.07) is 1.24. The second-order valence-corrected chi connectivity index (χ2v) is 6.04. The first-order valence-corrected chi connectivity index (χ1v) is 6.36. The molecule has 1 aliphatic rings. The number of nitrogens with one attached hydrogen (secondary N) is 1. The summed E-state index contributed by atoms with van der Waals surface area (Å²) >= 11 is 0. The number of carbonyl (C=O) groups is 2. The molecule has 19 heavy (non-hydrogen) atoms. The Hall–Kier alpha value is -1.85. The summed E-state index contributed by atoms with van der Waals surface area (Å²) in [5, 5.41) is 6.78. The summed E-state index contributed by atoms with van der Waals surface area (Å²) in [6.45, 7) is 5.65. The molecule has 1 aromatic heterocycles. The van der Waals surface area contributed by atoms with Crippen LogP contribution in [0.15, 0.2) is 6.07 Å². The second kappa shape index (κ2) is 4.68. The molecule has 1 aliphatic carbocycles. The zero-order chi connectivity index (χ0) is 14.2. The largest absolute Gasteiger partial charge is 0.353 e. The Balaban J connectivity index is 1.92. The van der Waals surface area contributed by atoms with Gasteiger partial charge in [0, 0.05) is 17.4 Å². The molecule has 0 unspecified atom stereocenters. The van der Waals surface area contributed by atoms with Crippen molar-refractivity contribution >= 4 is 11.9 Å².